The summed E-state index contributed by atoms with van der Waals surface area (Å²) in [5.74, 6) is 0.638. The second-order valence-corrected chi connectivity index (χ2v) is 12.0. The van der Waals surface area contributed by atoms with E-state index in [0.717, 1.165) is 10.5 Å². The molecule has 0 fully saturated rings. The maximum atomic E-state index is 13.6. The van der Waals surface area contributed by atoms with E-state index in [1.807, 2.05) is 60.7 Å². The third kappa shape index (κ3) is 8.48. The van der Waals surface area contributed by atoms with Crippen molar-refractivity contribution in [2.24, 2.45) is 0 Å². The van der Waals surface area contributed by atoms with Gasteiger partial charge in [-0.25, -0.2) is 0 Å². The highest BCUT2D eigenvalue weighted by molar-refractivity contribution is 8.00. The highest BCUT2D eigenvalue weighted by Crippen LogP contribution is 2.38. The molecule has 0 aliphatic carbocycles. The largest absolute Gasteiger partial charge is 0.496 e. The standard InChI is InChI=1S/C39H33N3O6S/c1-46-33-15-9-8-14-28(33)24-32(42-37(43)27-12-6-3-7-13-27)38(44)40-29-16-19-31(20-17-29)49-36(26-10-4-2-5-11-26)39(45)41-30-18-21-34-35(25-30)48-23-22-47-34/h2-21,24-25,36H,22-23H2,1H3,(H,40,44)(H,41,45)(H,42,43)/b32-24-. The first kappa shape index (κ1) is 32.9. The highest BCUT2D eigenvalue weighted by atomic mass is 32.2. The Bertz CT molecular complexity index is 1970. The number of benzene rings is 5. The third-order valence-electron chi connectivity index (χ3n) is 7.48. The van der Waals surface area contributed by atoms with Crippen molar-refractivity contribution >= 4 is 46.9 Å². The molecule has 0 saturated carbocycles. The fourth-order valence-corrected chi connectivity index (χ4v) is 6.09. The van der Waals surface area contributed by atoms with E-state index in [9.17, 15) is 14.4 Å². The second-order valence-electron chi connectivity index (χ2n) is 10.9. The van der Waals surface area contributed by atoms with Crippen LogP contribution in [0.15, 0.2) is 138 Å². The normalized spacial score (nSPS) is 12.7. The van der Waals surface area contributed by atoms with Crippen molar-refractivity contribution in [3.05, 3.63) is 150 Å². The first-order valence-electron chi connectivity index (χ1n) is 15.5. The maximum Gasteiger partial charge on any atom is 0.272 e. The summed E-state index contributed by atoms with van der Waals surface area (Å²) in [6.07, 6.45) is 1.57. The number of thioether (sulfide) groups is 1. The Morgan fingerprint density at radius 1 is 0.735 bits per heavy atom. The molecule has 5 aromatic rings. The van der Waals surface area contributed by atoms with Gasteiger partial charge in [0.1, 0.15) is 29.9 Å². The summed E-state index contributed by atoms with van der Waals surface area (Å²) in [6.45, 7) is 0.935. The summed E-state index contributed by atoms with van der Waals surface area (Å²) in [4.78, 5) is 41.1. The van der Waals surface area contributed by atoms with Crippen LogP contribution in [-0.2, 0) is 9.59 Å². The number of hydrogen-bond donors (Lipinski definition) is 3. The number of fused-ring (bicyclic) bond motifs is 1. The fraction of sp³-hybridized carbons (Fsp3) is 0.103. The Balaban J connectivity index is 1.19. The number of methoxy groups -OCH3 is 1. The van der Waals surface area contributed by atoms with Gasteiger partial charge in [0.15, 0.2) is 11.5 Å². The SMILES string of the molecule is COc1ccccc1/C=C(\NC(=O)c1ccccc1)C(=O)Nc1ccc(SC(C(=O)Nc2ccc3c(c2)OCCO3)c2ccccc2)cc1. The van der Waals surface area contributed by atoms with Gasteiger partial charge in [-0.05, 0) is 66.2 Å². The number of carbonyl (C=O) groups excluding carboxylic acids is 3. The molecule has 1 aliphatic rings. The molecule has 1 heterocycles. The van der Waals surface area contributed by atoms with Crippen LogP contribution in [0.4, 0.5) is 11.4 Å². The van der Waals surface area contributed by atoms with Crippen molar-refractivity contribution in [2.45, 2.75) is 10.1 Å². The van der Waals surface area contributed by atoms with Crippen molar-refractivity contribution in [1.29, 1.82) is 0 Å². The van der Waals surface area contributed by atoms with E-state index in [1.54, 1.807) is 79.9 Å². The monoisotopic (exact) mass is 671 g/mol. The molecule has 246 valence electrons. The summed E-state index contributed by atoms with van der Waals surface area (Å²) >= 11 is 1.38. The average molecular weight is 672 g/mol. The topological polar surface area (TPSA) is 115 Å². The molecule has 1 unspecified atom stereocenters. The number of amides is 3. The minimum absolute atomic E-state index is 0.0387. The van der Waals surface area contributed by atoms with E-state index in [4.69, 9.17) is 14.2 Å². The zero-order chi connectivity index (χ0) is 34.0. The summed E-state index contributed by atoms with van der Waals surface area (Å²) < 4.78 is 16.7. The molecule has 5 aromatic carbocycles. The Morgan fingerprint density at radius 3 is 2.12 bits per heavy atom. The zero-order valence-corrected chi connectivity index (χ0v) is 27.4. The predicted octanol–water partition coefficient (Wildman–Crippen LogP) is 7.35. The van der Waals surface area contributed by atoms with Gasteiger partial charge < -0.3 is 30.2 Å². The molecule has 0 saturated heterocycles. The maximum absolute atomic E-state index is 13.6. The smallest absolute Gasteiger partial charge is 0.272 e. The number of para-hydroxylation sites is 1. The Labute approximate surface area is 288 Å². The van der Waals surface area contributed by atoms with Crippen LogP contribution >= 0.6 is 11.8 Å². The van der Waals surface area contributed by atoms with Gasteiger partial charge in [0.05, 0.1) is 7.11 Å². The lowest BCUT2D eigenvalue weighted by Gasteiger charge is -2.20. The molecule has 0 radical (unpaired) electrons. The van der Waals surface area contributed by atoms with E-state index in [-0.39, 0.29) is 11.6 Å². The minimum atomic E-state index is -0.571. The number of carbonyl (C=O) groups is 3. The average Bonchev–Trinajstić information content (AvgIpc) is 3.15. The summed E-state index contributed by atoms with van der Waals surface area (Å²) in [5.41, 5.74) is 3.01. The van der Waals surface area contributed by atoms with Crippen molar-refractivity contribution in [3.63, 3.8) is 0 Å². The lowest BCUT2D eigenvalue weighted by atomic mass is 10.1. The molecule has 49 heavy (non-hydrogen) atoms. The Morgan fingerprint density at radius 2 is 1.39 bits per heavy atom. The second kappa shape index (κ2) is 15.7. The molecular weight excluding hydrogens is 639 g/mol. The molecule has 0 bridgehead atoms. The fourth-order valence-electron chi connectivity index (χ4n) is 5.06. The lowest BCUT2D eigenvalue weighted by Crippen LogP contribution is -2.30. The molecule has 3 N–H and O–H groups in total. The quantitative estimate of drug-likeness (QED) is 0.0994. The van der Waals surface area contributed by atoms with Crippen LogP contribution in [0.5, 0.6) is 17.2 Å². The van der Waals surface area contributed by atoms with E-state index in [2.05, 4.69) is 16.0 Å². The number of ether oxygens (including phenoxy) is 3. The van der Waals surface area contributed by atoms with Crippen LogP contribution in [0.25, 0.3) is 6.08 Å². The van der Waals surface area contributed by atoms with Gasteiger partial charge in [0.2, 0.25) is 5.91 Å². The molecule has 0 spiro atoms. The summed E-state index contributed by atoms with van der Waals surface area (Å²) in [6, 6.07) is 37.9. The van der Waals surface area contributed by atoms with Crippen LogP contribution in [0.1, 0.15) is 26.7 Å². The molecule has 9 nitrogen and oxygen atoms in total. The highest BCUT2D eigenvalue weighted by Gasteiger charge is 2.23. The van der Waals surface area contributed by atoms with E-state index in [1.165, 1.54) is 11.8 Å². The van der Waals surface area contributed by atoms with Crippen LogP contribution in [0, 0.1) is 0 Å². The zero-order valence-electron chi connectivity index (χ0n) is 26.6. The number of rotatable bonds is 11. The molecule has 1 aliphatic heterocycles. The van der Waals surface area contributed by atoms with Gasteiger partial charge in [-0.2, -0.15) is 0 Å². The molecule has 6 rings (SSSR count). The number of nitrogens with one attached hydrogen (secondary N) is 3. The molecule has 1 atom stereocenters. The van der Waals surface area contributed by atoms with Crippen LogP contribution in [-0.4, -0.2) is 38.0 Å². The van der Waals surface area contributed by atoms with Gasteiger partial charge in [-0.3, -0.25) is 14.4 Å². The van der Waals surface area contributed by atoms with Crippen molar-refractivity contribution in [2.75, 3.05) is 31.0 Å². The first-order chi connectivity index (χ1) is 24.0. The molecular formula is C39H33N3O6S. The van der Waals surface area contributed by atoms with Crippen LogP contribution in [0.3, 0.4) is 0 Å². The van der Waals surface area contributed by atoms with E-state index >= 15 is 0 Å². The lowest BCUT2D eigenvalue weighted by molar-refractivity contribution is -0.116. The van der Waals surface area contributed by atoms with E-state index in [0.29, 0.717) is 53.0 Å². The van der Waals surface area contributed by atoms with Gasteiger partial charge in [0.25, 0.3) is 11.8 Å². The first-order valence-corrected chi connectivity index (χ1v) is 16.4. The van der Waals surface area contributed by atoms with E-state index < -0.39 is 17.1 Å². The number of hydrogen-bond acceptors (Lipinski definition) is 7. The van der Waals surface area contributed by atoms with Crippen LogP contribution < -0.4 is 30.2 Å². The molecule has 0 aromatic heterocycles. The van der Waals surface area contributed by atoms with Crippen molar-refractivity contribution in [3.8, 4) is 17.2 Å². The predicted molar refractivity (Wildman–Crippen MR) is 191 cm³/mol. The molecule has 10 heteroatoms. The third-order valence-corrected chi connectivity index (χ3v) is 8.75. The van der Waals surface area contributed by atoms with Gasteiger partial charge >= 0.3 is 0 Å². The minimum Gasteiger partial charge on any atom is -0.496 e. The Hall–Kier alpha value is -6.00. The van der Waals surface area contributed by atoms with Gasteiger partial charge in [-0.1, -0.05) is 66.7 Å². The molecule has 3 amide bonds. The van der Waals surface area contributed by atoms with Crippen molar-refractivity contribution < 1.29 is 28.6 Å². The van der Waals surface area contributed by atoms with Crippen molar-refractivity contribution in [1.82, 2.24) is 5.32 Å². The summed E-state index contributed by atoms with van der Waals surface area (Å²) in [7, 11) is 1.54. The van der Waals surface area contributed by atoms with Crippen LogP contribution in [0.2, 0.25) is 0 Å². The Kier molecular flexibility index (Phi) is 10.6. The van der Waals surface area contributed by atoms with Gasteiger partial charge in [0, 0.05) is 33.5 Å². The summed E-state index contributed by atoms with van der Waals surface area (Å²) in [5, 5.41) is 8.07. The number of anilines is 2. The van der Waals surface area contributed by atoms with Gasteiger partial charge in [-0.15, -0.1) is 11.8 Å².